The molecular weight excluding hydrogens is 358 g/mol. The molecule has 29 heavy (non-hydrogen) atoms. The second-order valence-electron chi connectivity index (χ2n) is 7.66. The van der Waals surface area contributed by atoms with Gasteiger partial charge in [0.05, 0.1) is 0 Å². The number of amides is 1. The van der Waals surface area contributed by atoms with Crippen molar-refractivity contribution in [3.05, 3.63) is 82.5 Å². The molecule has 146 valence electrons. The van der Waals surface area contributed by atoms with Crippen molar-refractivity contribution >= 4 is 5.91 Å². The summed E-state index contributed by atoms with van der Waals surface area (Å²) in [5, 5.41) is 0. The molecule has 0 saturated carbocycles. The summed E-state index contributed by atoms with van der Waals surface area (Å²) in [6, 6.07) is 18.2. The second kappa shape index (κ2) is 7.62. The van der Waals surface area contributed by atoms with Crippen molar-refractivity contribution in [3.8, 4) is 23.6 Å². The third-order valence-electron chi connectivity index (χ3n) is 5.88. The van der Waals surface area contributed by atoms with Crippen molar-refractivity contribution in [1.29, 1.82) is 0 Å². The van der Waals surface area contributed by atoms with Crippen molar-refractivity contribution < 1.29 is 4.79 Å². The highest BCUT2D eigenvalue weighted by atomic mass is 16.2. The van der Waals surface area contributed by atoms with Crippen LogP contribution in [0.3, 0.4) is 0 Å². The van der Waals surface area contributed by atoms with Gasteiger partial charge in [-0.05, 0) is 66.4 Å². The molecule has 3 aromatic rings. The third kappa shape index (κ3) is 3.46. The topological polar surface area (TPSA) is 51.3 Å². The van der Waals surface area contributed by atoms with E-state index < -0.39 is 0 Å². The van der Waals surface area contributed by atoms with Gasteiger partial charge in [-0.1, -0.05) is 24.1 Å². The second-order valence-corrected chi connectivity index (χ2v) is 7.66. The van der Waals surface area contributed by atoms with Crippen LogP contribution in [0.25, 0.3) is 11.3 Å². The third-order valence-corrected chi connectivity index (χ3v) is 5.88. The number of carbonyl (C=O) groups excluding carboxylic acids is 1. The number of benzene rings is 2. The fraction of sp³-hybridized carbons (Fsp3) is 0.240. The van der Waals surface area contributed by atoms with E-state index in [0.717, 1.165) is 33.5 Å². The van der Waals surface area contributed by atoms with Crippen LogP contribution in [0.15, 0.2) is 54.6 Å². The fourth-order valence-electron chi connectivity index (χ4n) is 4.08. The van der Waals surface area contributed by atoms with Gasteiger partial charge in [0.25, 0.3) is 5.91 Å². The average Bonchev–Trinajstić information content (AvgIpc) is 3.25. The number of hydrogen-bond donors (Lipinski definition) is 1. The van der Waals surface area contributed by atoms with Crippen LogP contribution in [0, 0.1) is 19.3 Å². The molecule has 1 atom stereocenters. The molecule has 0 saturated heterocycles. The van der Waals surface area contributed by atoms with Crippen molar-refractivity contribution in [2.45, 2.75) is 25.9 Å². The number of fused-ring (bicyclic) bond motifs is 1. The van der Waals surface area contributed by atoms with Crippen molar-refractivity contribution in [1.82, 2.24) is 9.47 Å². The van der Waals surface area contributed by atoms with Crippen LogP contribution in [0.1, 0.15) is 32.7 Å². The van der Waals surface area contributed by atoms with E-state index in [-0.39, 0.29) is 11.9 Å². The van der Waals surface area contributed by atoms with Gasteiger partial charge in [-0.3, -0.25) is 4.79 Å². The summed E-state index contributed by atoms with van der Waals surface area (Å²) in [5.74, 6) is 2.72. The summed E-state index contributed by atoms with van der Waals surface area (Å²) in [6.07, 6.45) is 6.21. The number of rotatable bonds is 5. The van der Waals surface area contributed by atoms with Gasteiger partial charge in [-0.15, -0.1) is 6.42 Å². The lowest BCUT2D eigenvalue weighted by atomic mass is 10.0. The minimum absolute atomic E-state index is 0.0539. The van der Waals surface area contributed by atoms with E-state index in [1.807, 2.05) is 41.3 Å². The summed E-state index contributed by atoms with van der Waals surface area (Å²) in [6.45, 7) is 3.08. The lowest BCUT2D eigenvalue weighted by Gasteiger charge is -2.27. The predicted octanol–water partition coefficient (Wildman–Crippen LogP) is 3.51. The van der Waals surface area contributed by atoms with E-state index in [1.165, 1.54) is 5.69 Å². The van der Waals surface area contributed by atoms with E-state index in [0.29, 0.717) is 19.5 Å². The summed E-state index contributed by atoms with van der Waals surface area (Å²) in [7, 11) is 2.06. The van der Waals surface area contributed by atoms with Crippen molar-refractivity contribution in [3.63, 3.8) is 0 Å². The molecule has 1 aromatic heterocycles. The molecule has 0 fully saturated rings. The maximum absolute atomic E-state index is 13.1. The first kappa shape index (κ1) is 19.0. The molecule has 1 unspecified atom stereocenters. The van der Waals surface area contributed by atoms with Gasteiger partial charge < -0.3 is 15.2 Å². The molecule has 2 aromatic carbocycles. The van der Waals surface area contributed by atoms with Crippen LogP contribution >= 0.6 is 0 Å². The fourth-order valence-corrected chi connectivity index (χ4v) is 4.08. The smallest absolute Gasteiger partial charge is 0.254 e. The van der Waals surface area contributed by atoms with Crippen LogP contribution in [0.4, 0.5) is 0 Å². The molecule has 0 aliphatic carbocycles. The quantitative estimate of drug-likeness (QED) is 0.686. The van der Waals surface area contributed by atoms with Gasteiger partial charge in [-0.2, -0.15) is 0 Å². The van der Waals surface area contributed by atoms with E-state index in [9.17, 15) is 4.79 Å². The zero-order chi connectivity index (χ0) is 20.5. The van der Waals surface area contributed by atoms with Crippen LogP contribution in [-0.2, 0) is 20.0 Å². The van der Waals surface area contributed by atoms with Crippen LogP contribution in [0.5, 0.6) is 0 Å². The lowest BCUT2D eigenvalue weighted by Crippen LogP contribution is -2.42. The van der Waals surface area contributed by atoms with Gasteiger partial charge >= 0.3 is 0 Å². The van der Waals surface area contributed by atoms with E-state index >= 15 is 0 Å². The average molecular weight is 383 g/mol. The first-order valence-corrected chi connectivity index (χ1v) is 9.84. The Morgan fingerprint density at radius 2 is 2.00 bits per heavy atom. The Bertz CT molecular complexity index is 1120. The molecule has 0 radical (unpaired) electrons. The predicted molar refractivity (Wildman–Crippen MR) is 116 cm³/mol. The van der Waals surface area contributed by atoms with Gasteiger partial charge in [0.15, 0.2) is 0 Å². The van der Waals surface area contributed by atoms with Crippen molar-refractivity contribution in [2.75, 3.05) is 6.54 Å². The number of nitrogens with two attached hydrogens (primary N) is 1. The molecule has 4 nitrogen and oxygen atoms in total. The van der Waals surface area contributed by atoms with E-state index in [4.69, 9.17) is 12.2 Å². The maximum atomic E-state index is 13.1. The van der Waals surface area contributed by atoms with Gasteiger partial charge in [0.2, 0.25) is 0 Å². The van der Waals surface area contributed by atoms with Gasteiger partial charge in [0.1, 0.15) is 0 Å². The van der Waals surface area contributed by atoms with Crippen molar-refractivity contribution in [2.24, 2.45) is 12.8 Å². The van der Waals surface area contributed by atoms with Crippen LogP contribution in [-0.4, -0.2) is 28.0 Å². The van der Waals surface area contributed by atoms with Gasteiger partial charge in [-0.25, -0.2) is 0 Å². The first-order valence-electron chi connectivity index (χ1n) is 9.84. The Kier molecular flexibility index (Phi) is 5.00. The van der Waals surface area contributed by atoms with Crippen LogP contribution < -0.4 is 5.73 Å². The summed E-state index contributed by atoms with van der Waals surface area (Å²) < 4.78 is 2.16. The molecule has 2 heterocycles. The normalized spacial score (nSPS) is 14.0. The Morgan fingerprint density at radius 1 is 1.17 bits per heavy atom. The maximum Gasteiger partial charge on any atom is 0.254 e. The highest BCUT2D eigenvalue weighted by Gasteiger charge is 2.32. The molecule has 2 N–H and O–H groups in total. The molecule has 1 aliphatic rings. The SMILES string of the molecule is C#Cc1cccc(CC(CN)N2Cc3cc(-c4ccc(C)n4C)ccc3C2=O)c1. The molecule has 1 amide bonds. The first-order chi connectivity index (χ1) is 14.0. The molecule has 0 bridgehead atoms. The molecule has 1 aliphatic heterocycles. The monoisotopic (exact) mass is 383 g/mol. The number of hydrogen-bond acceptors (Lipinski definition) is 2. The molecule has 4 heteroatoms. The highest BCUT2D eigenvalue weighted by Crippen LogP contribution is 2.30. The van der Waals surface area contributed by atoms with E-state index in [1.54, 1.807) is 0 Å². The van der Waals surface area contributed by atoms with E-state index in [2.05, 4.69) is 42.7 Å². The summed E-state index contributed by atoms with van der Waals surface area (Å²) in [4.78, 5) is 15.0. The Morgan fingerprint density at radius 3 is 2.69 bits per heavy atom. The number of terminal acetylenes is 1. The number of nitrogens with zero attached hydrogens (tertiary/aromatic N) is 2. The van der Waals surface area contributed by atoms with Crippen LogP contribution in [0.2, 0.25) is 0 Å². The Labute approximate surface area is 172 Å². The minimum atomic E-state index is -0.0661. The highest BCUT2D eigenvalue weighted by molar-refractivity contribution is 5.99. The molecular formula is C25H25N3O. The Balaban J connectivity index is 1.59. The number of carbonyl (C=O) groups is 1. The summed E-state index contributed by atoms with van der Waals surface area (Å²) >= 11 is 0. The number of aryl methyl sites for hydroxylation is 1. The number of aromatic nitrogens is 1. The minimum Gasteiger partial charge on any atom is -0.348 e. The largest absolute Gasteiger partial charge is 0.348 e. The molecule has 0 spiro atoms. The van der Waals surface area contributed by atoms with Gasteiger partial charge in [0, 0.05) is 48.7 Å². The summed E-state index contributed by atoms with van der Waals surface area (Å²) in [5.41, 5.74) is 13.3. The zero-order valence-electron chi connectivity index (χ0n) is 16.9. The lowest BCUT2D eigenvalue weighted by molar-refractivity contribution is 0.0708. The zero-order valence-corrected chi connectivity index (χ0v) is 16.9. The Hall–Kier alpha value is -3.29. The molecule has 4 rings (SSSR count). The standard InChI is InChI=1S/C25H25N3O/c1-4-18-6-5-7-19(12-18)13-22(15-26)28-16-21-14-20(9-10-23(21)25(28)29)24-11-8-17(2)27(24)3/h1,5-12,14,22H,13,15-16,26H2,2-3H3.